The summed E-state index contributed by atoms with van der Waals surface area (Å²) in [6.45, 7) is 0. The number of carbonyl (C=O) groups is 1. The predicted molar refractivity (Wildman–Crippen MR) is 104 cm³/mol. The van der Waals surface area contributed by atoms with E-state index in [2.05, 4.69) is 0 Å². The summed E-state index contributed by atoms with van der Waals surface area (Å²) in [5.74, 6) is -0.893. The molecular weight excluding hydrogens is 412 g/mol. The monoisotopic (exact) mass is 417 g/mol. The minimum atomic E-state index is -0.563. The number of amides is 1. The molecule has 3 rings (SSSR count). The number of hydrogen-bond donors (Lipinski definition) is 0. The molecule has 0 saturated carbocycles. The summed E-state index contributed by atoms with van der Waals surface area (Å²) >= 11 is 24.3. The van der Waals surface area contributed by atoms with Gasteiger partial charge in [-0.2, -0.15) is 0 Å². The van der Waals surface area contributed by atoms with Gasteiger partial charge in [-0.1, -0.05) is 70.9 Å². The number of thiocarbonyl (C=S) groups is 1. The van der Waals surface area contributed by atoms with Crippen molar-refractivity contribution < 1.29 is 9.18 Å². The fraction of sp³-hybridized carbons (Fsp3) is 0. The van der Waals surface area contributed by atoms with Crippen LogP contribution in [0.25, 0.3) is 6.08 Å². The summed E-state index contributed by atoms with van der Waals surface area (Å²) in [6.07, 6.45) is 1.62. The topological polar surface area (TPSA) is 20.3 Å². The minimum Gasteiger partial charge on any atom is -0.268 e. The number of carbonyl (C=O) groups excluding carboxylic acids is 1. The molecule has 1 aliphatic rings. The zero-order valence-corrected chi connectivity index (χ0v) is 15.6. The largest absolute Gasteiger partial charge is 0.270 e. The SMILES string of the molecule is O=C1C(=Cc2cccc(Cl)c2Cl)SC(=S)N1c1ccc(F)c(Cl)c1. The molecule has 24 heavy (non-hydrogen) atoms. The molecule has 1 fully saturated rings. The molecule has 0 radical (unpaired) electrons. The lowest BCUT2D eigenvalue weighted by atomic mass is 10.2. The number of halogens is 4. The smallest absolute Gasteiger partial charge is 0.268 e. The fourth-order valence-corrected chi connectivity index (χ4v) is 3.91. The molecule has 0 aliphatic carbocycles. The molecule has 1 aliphatic heterocycles. The lowest BCUT2D eigenvalue weighted by Gasteiger charge is -2.14. The number of benzene rings is 2. The minimum absolute atomic E-state index is 0.0802. The maximum absolute atomic E-state index is 13.3. The van der Waals surface area contributed by atoms with E-state index in [9.17, 15) is 9.18 Å². The summed E-state index contributed by atoms with van der Waals surface area (Å²) in [5, 5.41) is 0.670. The van der Waals surface area contributed by atoms with Gasteiger partial charge in [0.05, 0.1) is 25.7 Å². The van der Waals surface area contributed by atoms with Crippen LogP contribution in [0.4, 0.5) is 10.1 Å². The van der Waals surface area contributed by atoms with Crippen molar-refractivity contribution in [3.8, 4) is 0 Å². The maximum Gasteiger partial charge on any atom is 0.270 e. The third-order valence-electron chi connectivity index (χ3n) is 3.22. The summed E-state index contributed by atoms with van der Waals surface area (Å²) < 4.78 is 13.6. The molecule has 1 heterocycles. The lowest BCUT2D eigenvalue weighted by molar-refractivity contribution is -0.113. The summed E-state index contributed by atoms with van der Waals surface area (Å²) in [7, 11) is 0. The molecule has 2 aromatic rings. The maximum atomic E-state index is 13.3. The van der Waals surface area contributed by atoms with Crippen LogP contribution in [0.1, 0.15) is 5.56 Å². The van der Waals surface area contributed by atoms with Crippen molar-refractivity contribution >= 4 is 80.8 Å². The predicted octanol–water partition coefficient (Wildman–Crippen LogP) is 6.19. The van der Waals surface area contributed by atoms with Crippen molar-refractivity contribution in [1.29, 1.82) is 0 Å². The Morgan fingerprint density at radius 2 is 1.88 bits per heavy atom. The number of anilines is 1. The van der Waals surface area contributed by atoms with Crippen molar-refractivity contribution in [1.82, 2.24) is 0 Å². The number of rotatable bonds is 2. The van der Waals surface area contributed by atoms with Crippen LogP contribution in [-0.4, -0.2) is 10.2 Å². The standard InChI is InChI=1S/C16H7Cl3FNOS2/c17-10-3-1-2-8(14(10)19)6-13-15(22)21(16(23)24-13)9-4-5-12(20)11(18)7-9/h1-7H. The first-order chi connectivity index (χ1) is 11.4. The van der Waals surface area contributed by atoms with E-state index in [0.717, 1.165) is 11.8 Å². The molecule has 0 bridgehead atoms. The highest BCUT2D eigenvalue weighted by molar-refractivity contribution is 8.27. The van der Waals surface area contributed by atoms with Gasteiger partial charge in [-0.25, -0.2) is 4.39 Å². The molecule has 1 saturated heterocycles. The van der Waals surface area contributed by atoms with Gasteiger partial charge in [-0.3, -0.25) is 9.69 Å². The van der Waals surface area contributed by atoms with Gasteiger partial charge in [-0.05, 0) is 35.9 Å². The first kappa shape index (κ1) is 17.7. The van der Waals surface area contributed by atoms with Crippen LogP contribution in [0.2, 0.25) is 15.1 Å². The Kier molecular flexibility index (Phi) is 5.18. The van der Waals surface area contributed by atoms with Gasteiger partial charge in [0, 0.05) is 0 Å². The number of nitrogens with zero attached hydrogens (tertiary/aromatic N) is 1. The number of hydrogen-bond acceptors (Lipinski definition) is 3. The Hall–Kier alpha value is -1.11. The second-order valence-corrected chi connectivity index (χ2v) is 7.63. The Morgan fingerprint density at radius 3 is 2.58 bits per heavy atom. The number of thioether (sulfide) groups is 1. The molecular formula is C16H7Cl3FNOS2. The van der Waals surface area contributed by atoms with Crippen LogP contribution >= 0.6 is 58.8 Å². The van der Waals surface area contributed by atoms with E-state index in [-0.39, 0.29) is 10.9 Å². The molecule has 0 unspecified atom stereocenters. The zero-order valence-electron chi connectivity index (χ0n) is 11.7. The average Bonchev–Trinajstić information content (AvgIpc) is 2.81. The fourth-order valence-electron chi connectivity index (χ4n) is 2.09. The van der Waals surface area contributed by atoms with E-state index in [4.69, 9.17) is 47.0 Å². The third kappa shape index (κ3) is 3.32. The summed E-state index contributed by atoms with van der Waals surface area (Å²) in [6, 6.07) is 9.13. The van der Waals surface area contributed by atoms with Crippen LogP contribution in [0.3, 0.4) is 0 Å². The molecule has 122 valence electrons. The quantitative estimate of drug-likeness (QED) is 0.428. The van der Waals surface area contributed by atoms with E-state index in [1.54, 1.807) is 24.3 Å². The van der Waals surface area contributed by atoms with Gasteiger partial charge in [0.1, 0.15) is 5.82 Å². The van der Waals surface area contributed by atoms with Gasteiger partial charge in [0.2, 0.25) is 0 Å². The van der Waals surface area contributed by atoms with Crippen molar-refractivity contribution in [2.24, 2.45) is 0 Å². The van der Waals surface area contributed by atoms with E-state index >= 15 is 0 Å². The normalized spacial score (nSPS) is 16.3. The van der Waals surface area contributed by atoms with Crippen molar-refractivity contribution in [2.75, 3.05) is 4.90 Å². The first-order valence-corrected chi connectivity index (χ1v) is 8.91. The van der Waals surface area contributed by atoms with Crippen molar-refractivity contribution in [3.63, 3.8) is 0 Å². The highest BCUT2D eigenvalue weighted by Crippen LogP contribution is 2.38. The summed E-state index contributed by atoms with van der Waals surface area (Å²) in [5.41, 5.74) is 1.02. The van der Waals surface area contributed by atoms with Crippen LogP contribution in [0.15, 0.2) is 41.3 Å². The highest BCUT2D eigenvalue weighted by Gasteiger charge is 2.33. The van der Waals surface area contributed by atoms with Crippen LogP contribution < -0.4 is 4.90 Å². The Morgan fingerprint density at radius 1 is 1.12 bits per heavy atom. The van der Waals surface area contributed by atoms with E-state index in [0.29, 0.717) is 30.5 Å². The summed E-state index contributed by atoms with van der Waals surface area (Å²) in [4.78, 5) is 14.3. The van der Waals surface area contributed by atoms with Crippen LogP contribution in [0.5, 0.6) is 0 Å². The molecule has 0 spiro atoms. The van der Waals surface area contributed by atoms with E-state index in [1.807, 2.05) is 0 Å². The Labute approximate surface area is 162 Å². The van der Waals surface area contributed by atoms with Crippen molar-refractivity contribution in [2.45, 2.75) is 0 Å². The molecule has 0 aromatic heterocycles. The van der Waals surface area contributed by atoms with Gasteiger partial charge < -0.3 is 0 Å². The molecule has 8 heteroatoms. The molecule has 2 nitrogen and oxygen atoms in total. The van der Waals surface area contributed by atoms with Crippen LogP contribution in [-0.2, 0) is 4.79 Å². The lowest BCUT2D eigenvalue weighted by Crippen LogP contribution is -2.27. The van der Waals surface area contributed by atoms with Crippen molar-refractivity contribution in [3.05, 3.63) is 67.8 Å². The van der Waals surface area contributed by atoms with Gasteiger partial charge in [-0.15, -0.1) is 0 Å². The first-order valence-electron chi connectivity index (χ1n) is 6.55. The second kappa shape index (κ2) is 7.02. The second-order valence-electron chi connectivity index (χ2n) is 4.76. The highest BCUT2D eigenvalue weighted by atomic mass is 35.5. The Bertz CT molecular complexity index is 901. The van der Waals surface area contributed by atoms with E-state index < -0.39 is 5.82 Å². The van der Waals surface area contributed by atoms with Crippen LogP contribution in [0, 0.1) is 5.82 Å². The van der Waals surface area contributed by atoms with Gasteiger partial charge in [0.15, 0.2) is 4.32 Å². The molecule has 0 N–H and O–H groups in total. The average molecular weight is 419 g/mol. The molecule has 2 aromatic carbocycles. The van der Waals surface area contributed by atoms with Gasteiger partial charge >= 0.3 is 0 Å². The van der Waals surface area contributed by atoms with E-state index in [1.165, 1.54) is 23.1 Å². The zero-order chi connectivity index (χ0) is 17.4. The molecule has 0 atom stereocenters. The third-order valence-corrected chi connectivity index (χ3v) is 5.65. The molecule has 1 amide bonds. The Balaban J connectivity index is 1.98. The van der Waals surface area contributed by atoms with Gasteiger partial charge in [0.25, 0.3) is 5.91 Å².